The van der Waals surface area contributed by atoms with Gasteiger partial charge in [-0.2, -0.15) is 0 Å². The van der Waals surface area contributed by atoms with Crippen LogP contribution in [-0.2, 0) is 33.8 Å². The maximum absolute atomic E-state index is 12.6. The number of anilines is 1. The van der Waals surface area contributed by atoms with Gasteiger partial charge in [-0.05, 0) is 47.7 Å². The fraction of sp³-hybridized carbons (Fsp3) is 0.278. The molecule has 5 rings (SSSR count). The zero-order valence-electron chi connectivity index (χ0n) is 25.2. The number of hydrogen-bond acceptors (Lipinski definition) is 7. The van der Waals surface area contributed by atoms with E-state index in [1.54, 1.807) is 11.8 Å². The number of ketones is 1. The van der Waals surface area contributed by atoms with Crippen molar-refractivity contribution in [2.24, 2.45) is 0 Å². The summed E-state index contributed by atoms with van der Waals surface area (Å²) in [7, 11) is 0. The molecule has 5 N–H and O–H groups in total. The molecule has 234 valence electrons. The van der Waals surface area contributed by atoms with Crippen molar-refractivity contribution in [2.45, 2.75) is 62.4 Å². The molecule has 0 spiro atoms. The molecular weight excluding hydrogens is 586 g/mol. The van der Waals surface area contributed by atoms with E-state index in [0.29, 0.717) is 25.1 Å². The van der Waals surface area contributed by atoms with E-state index in [4.69, 9.17) is 15.2 Å². The van der Waals surface area contributed by atoms with Crippen LogP contribution in [0.2, 0.25) is 0 Å². The van der Waals surface area contributed by atoms with Crippen molar-refractivity contribution >= 4 is 29.3 Å². The Kier molecular flexibility index (Phi) is 11.3. The number of benzene rings is 4. The van der Waals surface area contributed by atoms with Crippen LogP contribution in [0, 0.1) is 0 Å². The number of Topliss-reactive ketones (excluding diaryl/α,β-unsaturated/α-hetero) is 1. The molecule has 9 heteroatoms. The molecule has 1 saturated heterocycles. The first kappa shape index (κ1) is 32.2. The van der Waals surface area contributed by atoms with E-state index in [0.717, 1.165) is 38.4 Å². The lowest BCUT2D eigenvalue weighted by molar-refractivity contribution is -0.245. The van der Waals surface area contributed by atoms with E-state index < -0.39 is 18.4 Å². The molecule has 1 aliphatic rings. The number of nitrogen functional groups attached to an aromatic ring is 1. The third-order valence-electron chi connectivity index (χ3n) is 7.74. The fourth-order valence-electron chi connectivity index (χ4n) is 5.15. The number of amides is 2. The van der Waals surface area contributed by atoms with Crippen LogP contribution in [0.15, 0.2) is 108 Å². The van der Waals surface area contributed by atoms with E-state index >= 15 is 0 Å². The summed E-state index contributed by atoms with van der Waals surface area (Å²) in [4.78, 5) is 25.8. The summed E-state index contributed by atoms with van der Waals surface area (Å²) in [6.45, 7) is 1.77. The second-order valence-corrected chi connectivity index (χ2v) is 12.2. The average molecular weight is 626 g/mol. The first-order chi connectivity index (χ1) is 21.9. The van der Waals surface area contributed by atoms with Crippen molar-refractivity contribution in [3.63, 3.8) is 0 Å². The Balaban J connectivity index is 1.21. The summed E-state index contributed by atoms with van der Waals surface area (Å²) < 4.78 is 12.9. The topological polar surface area (TPSA) is 123 Å². The van der Waals surface area contributed by atoms with Crippen LogP contribution in [0.5, 0.6) is 0 Å². The van der Waals surface area contributed by atoms with E-state index in [-0.39, 0.29) is 24.6 Å². The number of carbonyl (C=O) groups is 2. The molecule has 0 bridgehead atoms. The van der Waals surface area contributed by atoms with Crippen molar-refractivity contribution < 1.29 is 24.2 Å². The van der Waals surface area contributed by atoms with Crippen LogP contribution < -0.4 is 16.4 Å². The highest BCUT2D eigenvalue weighted by Crippen LogP contribution is 2.40. The maximum Gasteiger partial charge on any atom is 0.315 e. The largest absolute Gasteiger partial charge is 0.398 e. The summed E-state index contributed by atoms with van der Waals surface area (Å²) in [5, 5.41) is 15.1. The number of nitrogens with two attached hydrogens (primary N) is 1. The van der Waals surface area contributed by atoms with Gasteiger partial charge in [0.2, 0.25) is 0 Å². The van der Waals surface area contributed by atoms with Gasteiger partial charge in [-0.3, -0.25) is 4.79 Å². The van der Waals surface area contributed by atoms with Crippen molar-refractivity contribution in [1.29, 1.82) is 0 Å². The first-order valence-corrected chi connectivity index (χ1v) is 16.0. The molecule has 45 heavy (non-hydrogen) atoms. The van der Waals surface area contributed by atoms with Crippen molar-refractivity contribution in [2.75, 3.05) is 11.5 Å². The third kappa shape index (κ3) is 9.18. The number of rotatable bonds is 12. The Bertz CT molecular complexity index is 1550. The van der Waals surface area contributed by atoms with Gasteiger partial charge in [-0.15, -0.1) is 11.8 Å². The molecule has 4 atom stereocenters. The average Bonchev–Trinajstić information content (AvgIpc) is 3.07. The van der Waals surface area contributed by atoms with E-state index in [1.165, 1.54) is 6.92 Å². The van der Waals surface area contributed by atoms with Crippen LogP contribution in [0.4, 0.5) is 10.5 Å². The Morgan fingerprint density at radius 2 is 1.53 bits per heavy atom. The SMILES string of the molecule is CC(=O)C(Cc1ccccc1)NC(=O)NCc1ccc(C2OC(CSc3ccccc3N)CC(c3ccc(CO)cc3)O2)cc1. The predicted molar refractivity (Wildman–Crippen MR) is 176 cm³/mol. The van der Waals surface area contributed by atoms with Gasteiger partial charge in [0.05, 0.1) is 24.9 Å². The van der Waals surface area contributed by atoms with Gasteiger partial charge in [0.15, 0.2) is 12.1 Å². The molecule has 4 aromatic rings. The molecule has 4 aromatic carbocycles. The molecule has 0 radical (unpaired) electrons. The van der Waals surface area contributed by atoms with Crippen molar-refractivity contribution in [3.8, 4) is 0 Å². The third-order valence-corrected chi connectivity index (χ3v) is 8.96. The van der Waals surface area contributed by atoms with Gasteiger partial charge >= 0.3 is 6.03 Å². The number of hydrogen-bond donors (Lipinski definition) is 4. The van der Waals surface area contributed by atoms with Gasteiger partial charge < -0.3 is 30.9 Å². The Labute approximate surface area is 268 Å². The summed E-state index contributed by atoms with van der Waals surface area (Å²) >= 11 is 1.67. The fourth-order valence-corrected chi connectivity index (χ4v) is 6.14. The van der Waals surface area contributed by atoms with Gasteiger partial charge in [0.25, 0.3) is 0 Å². The molecule has 0 aromatic heterocycles. The van der Waals surface area contributed by atoms with Gasteiger partial charge in [-0.25, -0.2) is 4.79 Å². The molecule has 8 nitrogen and oxygen atoms in total. The van der Waals surface area contributed by atoms with Crippen LogP contribution >= 0.6 is 11.8 Å². The van der Waals surface area contributed by atoms with Crippen LogP contribution in [0.25, 0.3) is 0 Å². The molecule has 1 aliphatic heterocycles. The predicted octanol–water partition coefficient (Wildman–Crippen LogP) is 6.10. The Hall–Kier alpha value is -4.15. The summed E-state index contributed by atoms with van der Waals surface area (Å²) in [5.41, 5.74) is 11.5. The number of aliphatic hydroxyl groups is 1. The Morgan fingerprint density at radius 1 is 0.867 bits per heavy atom. The number of nitrogens with one attached hydrogen (secondary N) is 2. The summed E-state index contributed by atoms with van der Waals surface area (Å²) in [6, 6.07) is 32.0. The lowest BCUT2D eigenvalue weighted by Crippen LogP contribution is -2.46. The number of aliphatic hydroxyl groups excluding tert-OH is 1. The smallest absolute Gasteiger partial charge is 0.315 e. The highest BCUT2D eigenvalue weighted by atomic mass is 32.2. The monoisotopic (exact) mass is 625 g/mol. The van der Waals surface area contributed by atoms with Gasteiger partial charge in [0, 0.05) is 34.9 Å². The number of ether oxygens (including phenoxy) is 2. The number of carbonyl (C=O) groups excluding carboxylic acids is 2. The quantitative estimate of drug-likeness (QED) is 0.111. The number of para-hydroxylation sites is 1. The van der Waals surface area contributed by atoms with Gasteiger partial charge in [-0.1, -0.05) is 91.0 Å². The summed E-state index contributed by atoms with van der Waals surface area (Å²) in [6.07, 6.45) is 0.248. The van der Waals surface area contributed by atoms with E-state index in [9.17, 15) is 14.7 Å². The van der Waals surface area contributed by atoms with Crippen LogP contribution in [0.3, 0.4) is 0 Å². The lowest BCUT2D eigenvalue weighted by Gasteiger charge is -2.36. The first-order valence-electron chi connectivity index (χ1n) is 15.0. The van der Waals surface area contributed by atoms with Crippen molar-refractivity contribution in [1.82, 2.24) is 10.6 Å². The second kappa shape index (κ2) is 15.7. The molecule has 2 amide bonds. The normalized spacial score (nSPS) is 18.6. The van der Waals surface area contributed by atoms with Crippen molar-refractivity contribution in [3.05, 3.63) is 131 Å². The molecule has 0 aliphatic carbocycles. The van der Waals surface area contributed by atoms with E-state index in [2.05, 4.69) is 10.6 Å². The highest BCUT2D eigenvalue weighted by molar-refractivity contribution is 7.99. The summed E-state index contributed by atoms with van der Waals surface area (Å²) in [5.74, 6) is 0.611. The molecule has 1 fully saturated rings. The molecule has 4 unspecified atom stereocenters. The number of urea groups is 1. The minimum Gasteiger partial charge on any atom is -0.398 e. The second-order valence-electron chi connectivity index (χ2n) is 11.1. The minimum atomic E-state index is -0.604. The highest BCUT2D eigenvalue weighted by Gasteiger charge is 2.32. The van der Waals surface area contributed by atoms with Crippen LogP contribution in [-0.4, -0.2) is 34.8 Å². The Morgan fingerprint density at radius 3 is 2.22 bits per heavy atom. The number of thioether (sulfide) groups is 1. The molecule has 1 heterocycles. The van der Waals surface area contributed by atoms with Crippen LogP contribution in [0.1, 0.15) is 53.6 Å². The maximum atomic E-state index is 12.6. The standard InChI is InChI=1S/C36H39N3O5S/c1-24(41)32(19-25-7-3-2-4-8-25)39-36(42)38-21-26-11-17-29(18-12-26)35-43-30(23-45-34-10-6-5-9-31(34)37)20-33(44-35)28-15-13-27(22-40)14-16-28/h2-18,30,32-33,35,40H,19-23,37H2,1H3,(H2,38,39,42). The zero-order chi connectivity index (χ0) is 31.6. The lowest BCUT2D eigenvalue weighted by atomic mass is 10.0. The van der Waals surface area contributed by atoms with E-state index in [1.807, 2.05) is 103 Å². The molecule has 0 saturated carbocycles. The minimum absolute atomic E-state index is 0.0107. The zero-order valence-corrected chi connectivity index (χ0v) is 26.0. The molecular formula is C36H39N3O5S. The van der Waals surface area contributed by atoms with Gasteiger partial charge in [0.1, 0.15) is 0 Å².